The minimum absolute atomic E-state index is 0.0745. The molecule has 0 aliphatic carbocycles. The van der Waals surface area contributed by atoms with Crippen molar-refractivity contribution < 1.29 is 9.47 Å². The summed E-state index contributed by atoms with van der Waals surface area (Å²) in [4.78, 5) is 8.43. The van der Waals surface area contributed by atoms with Crippen molar-refractivity contribution in [1.82, 2.24) is 15.3 Å². The van der Waals surface area contributed by atoms with Gasteiger partial charge in [-0.15, -0.1) is 0 Å². The molecule has 5 nitrogen and oxygen atoms in total. The van der Waals surface area contributed by atoms with Crippen LogP contribution in [0.5, 0.6) is 11.5 Å². The Morgan fingerprint density at radius 2 is 2.00 bits per heavy atom. The van der Waals surface area contributed by atoms with Gasteiger partial charge >= 0.3 is 0 Å². The van der Waals surface area contributed by atoms with Gasteiger partial charge in [0.15, 0.2) is 0 Å². The molecule has 0 spiro atoms. The molecule has 0 saturated carbocycles. The minimum atomic E-state index is -0.0745. The fourth-order valence-electron chi connectivity index (χ4n) is 1.98. The number of nitrogens with zero attached hydrogens (tertiary/aromatic N) is 2. The molecule has 1 N–H and O–H groups in total. The van der Waals surface area contributed by atoms with Crippen LogP contribution < -0.4 is 14.8 Å². The molecule has 0 amide bonds. The molecule has 0 saturated heterocycles. The summed E-state index contributed by atoms with van der Waals surface area (Å²) in [5, 5.41) is 3.22. The molecule has 100 valence electrons. The molecule has 2 aromatic rings. The summed E-state index contributed by atoms with van der Waals surface area (Å²) in [6, 6.07) is 5.65. The number of hydrogen-bond donors (Lipinski definition) is 1. The topological polar surface area (TPSA) is 56.3 Å². The van der Waals surface area contributed by atoms with Crippen molar-refractivity contribution in [2.45, 2.75) is 6.04 Å². The van der Waals surface area contributed by atoms with Gasteiger partial charge in [0.1, 0.15) is 11.5 Å². The number of rotatable bonds is 5. The molecule has 0 bridgehead atoms. The zero-order valence-electron chi connectivity index (χ0n) is 11.3. The summed E-state index contributed by atoms with van der Waals surface area (Å²) < 4.78 is 10.6. The van der Waals surface area contributed by atoms with E-state index in [2.05, 4.69) is 15.3 Å². The standard InChI is InChI=1S/C14H17N3O2/c1-15-14(12-9-16-6-7-17-12)11-5-4-10(18-2)8-13(11)19-3/h4-9,14-15H,1-3H3. The lowest BCUT2D eigenvalue weighted by Crippen LogP contribution is -2.19. The molecule has 2 rings (SSSR count). The van der Waals surface area contributed by atoms with Gasteiger partial charge in [-0.25, -0.2) is 0 Å². The SMILES string of the molecule is CNC(c1cnccn1)c1ccc(OC)cc1OC. The zero-order chi connectivity index (χ0) is 13.7. The summed E-state index contributed by atoms with van der Waals surface area (Å²) in [6.07, 6.45) is 5.07. The van der Waals surface area contributed by atoms with Gasteiger partial charge in [-0.1, -0.05) is 0 Å². The predicted octanol–water partition coefficient (Wildman–Crippen LogP) is 1.80. The number of methoxy groups -OCH3 is 2. The summed E-state index contributed by atoms with van der Waals surface area (Å²) in [5.41, 5.74) is 1.83. The van der Waals surface area contributed by atoms with Gasteiger partial charge in [-0.05, 0) is 19.2 Å². The van der Waals surface area contributed by atoms with E-state index < -0.39 is 0 Å². The first-order chi connectivity index (χ1) is 9.30. The fraction of sp³-hybridized carbons (Fsp3) is 0.286. The Morgan fingerprint density at radius 1 is 1.16 bits per heavy atom. The van der Waals surface area contributed by atoms with Gasteiger partial charge in [0.05, 0.1) is 32.2 Å². The molecule has 1 heterocycles. The second-order valence-electron chi connectivity index (χ2n) is 3.96. The molecule has 0 radical (unpaired) electrons. The first kappa shape index (κ1) is 13.3. The number of hydrogen-bond acceptors (Lipinski definition) is 5. The number of aromatic nitrogens is 2. The highest BCUT2D eigenvalue weighted by Gasteiger charge is 2.18. The van der Waals surface area contributed by atoms with Gasteiger partial charge < -0.3 is 14.8 Å². The Labute approximate surface area is 112 Å². The van der Waals surface area contributed by atoms with Crippen molar-refractivity contribution in [1.29, 1.82) is 0 Å². The average molecular weight is 259 g/mol. The summed E-state index contributed by atoms with van der Waals surface area (Å²) in [6.45, 7) is 0. The van der Waals surface area contributed by atoms with Crippen molar-refractivity contribution in [3.05, 3.63) is 48.0 Å². The quantitative estimate of drug-likeness (QED) is 0.887. The van der Waals surface area contributed by atoms with Crippen LogP contribution in [0.1, 0.15) is 17.3 Å². The van der Waals surface area contributed by atoms with Crippen LogP contribution >= 0.6 is 0 Å². The maximum absolute atomic E-state index is 5.42. The first-order valence-corrected chi connectivity index (χ1v) is 5.95. The smallest absolute Gasteiger partial charge is 0.127 e. The van der Waals surface area contributed by atoms with E-state index in [0.717, 1.165) is 22.8 Å². The first-order valence-electron chi connectivity index (χ1n) is 5.95. The third kappa shape index (κ3) is 2.82. The van der Waals surface area contributed by atoms with Gasteiger partial charge in [0, 0.05) is 24.0 Å². The Morgan fingerprint density at radius 3 is 2.58 bits per heavy atom. The molecule has 0 fully saturated rings. The molecule has 1 unspecified atom stereocenters. The van der Waals surface area contributed by atoms with E-state index in [1.165, 1.54) is 0 Å². The second-order valence-corrected chi connectivity index (χ2v) is 3.96. The van der Waals surface area contributed by atoms with Gasteiger partial charge in [-0.3, -0.25) is 9.97 Å². The zero-order valence-corrected chi connectivity index (χ0v) is 11.3. The second kappa shape index (κ2) is 6.15. The van der Waals surface area contributed by atoms with E-state index in [4.69, 9.17) is 9.47 Å². The molecular weight excluding hydrogens is 242 g/mol. The predicted molar refractivity (Wildman–Crippen MR) is 72.5 cm³/mol. The Hall–Kier alpha value is -2.14. The highest BCUT2D eigenvalue weighted by molar-refractivity contribution is 5.44. The van der Waals surface area contributed by atoms with E-state index in [-0.39, 0.29) is 6.04 Å². The third-order valence-electron chi connectivity index (χ3n) is 2.92. The lowest BCUT2D eigenvalue weighted by Gasteiger charge is -2.19. The molecule has 1 aromatic carbocycles. The molecule has 1 atom stereocenters. The van der Waals surface area contributed by atoms with E-state index in [1.807, 2.05) is 25.2 Å². The van der Waals surface area contributed by atoms with Crippen LogP contribution in [0.15, 0.2) is 36.8 Å². The minimum Gasteiger partial charge on any atom is -0.497 e. The van der Waals surface area contributed by atoms with Crippen LogP contribution in [0, 0.1) is 0 Å². The lowest BCUT2D eigenvalue weighted by molar-refractivity contribution is 0.388. The van der Waals surface area contributed by atoms with E-state index in [1.54, 1.807) is 32.8 Å². The van der Waals surface area contributed by atoms with Crippen LogP contribution in [-0.4, -0.2) is 31.2 Å². The van der Waals surface area contributed by atoms with Crippen molar-refractivity contribution >= 4 is 0 Å². The molecule has 5 heteroatoms. The molecule has 0 aliphatic rings. The molecular formula is C14H17N3O2. The van der Waals surface area contributed by atoms with E-state index in [9.17, 15) is 0 Å². The van der Waals surface area contributed by atoms with Crippen molar-refractivity contribution in [2.24, 2.45) is 0 Å². The van der Waals surface area contributed by atoms with Crippen molar-refractivity contribution in [2.75, 3.05) is 21.3 Å². The molecule has 19 heavy (non-hydrogen) atoms. The summed E-state index contributed by atoms with van der Waals surface area (Å²) in [5.74, 6) is 1.51. The average Bonchev–Trinajstić information content (AvgIpc) is 2.49. The normalized spacial score (nSPS) is 11.9. The maximum atomic E-state index is 5.42. The Bertz CT molecular complexity index is 531. The fourth-order valence-corrected chi connectivity index (χ4v) is 1.98. The van der Waals surface area contributed by atoms with E-state index >= 15 is 0 Å². The highest BCUT2D eigenvalue weighted by atomic mass is 16.5. The number of benzene rings is 1. The number of nitrogens with one attached hydrogen (secondary N) is 1. The van der Waals surface area contributed by atoms with Crippen molar-refractivity contribution in [3.63, 3.8) is 0 Å². The van der Waals surface area contributed by atoms with E-state index in [0.29, 0.717) is 0 Å². The van der Waals surface area contributed by atoms with Gasteiger partial charge in [0.2, 0.25) is 0 Å². The Kier molecular flexibility index (Phi) is 4.30. The molecule has 0 aliphatic heterocycles. The monoisotopic (exact) mass is 259 g/mol. The van der Waals surface area contributed by atoms with Gasteiger partial charge in [0.25, 0.3) is 0 Å². The van der Waals surface area contributed by atoms with Gasteiger partial charge in [-0.2, -0.15) is 0 Å². The maximum Gasteiger partial charge on any atom is 0.127 e. The van der Waals surface area contributed by atoms with Crippen LogP contribution in [0.4, 0.5) is 0 Å². The Balaban J connectivity index is 2.43. The third-order valence-corrected chi connectivity index (χ3v) is 2.92. The van der Waals surface area contributed by atoms with Crippen LogP contribution in [-0.2, 0) is 0 Å². The number of ether oxygens (including phenoxy) is 2. The summed E-state index contributed by atoms with van der Waals surface area (Å²) in [7, 11) is 5.15. The van der Waals surface area contributed by atoms with Crippen LogP contribution in [0.3, 0.4) is 0 Å². The highest BCUT2D eigenvalue weighted by Crippen LogP contribution is 2.31. The van der Waals surface area contributed by atoms with Crippen LogP contribution in [0.25, 0.3) is 0 Å². The van der Waals surface area contributed by atoms with Crippen molar-refractivity contribution in [3.8, 4) is 11.5 Å². The largest absolute Gasteiger partial charge is 0.497 e. The lowest BCUT2D eigenvalue weighted by atomic mass is 10.0. The molecule has 1 aromatic heterocycles. The summed E-state index contributed by atoms with van der Waals surface area (Å²) >= 11 is 0. The van der Waals surface area contributed by atoms with Crippen LogP contribution in [0.2, 0.25) is 0 Å².